The summed E-state index contributed by atoms with van der Waals surface area (Å²) in [6.07, 6.45) is 3.82. The summed E-state index contributed by atoms with van der Waals surface area (Å²) in [6, 6.07) is 0. The van der Waals surface area contributed by atoms with Crippen molar-refractivity contribution in [3.63, 3.8) is 0 Å². The third kappa shape index (κ3) is 3.36. The predicted octanol–water partition coefficient (Wildman–Crippen LogP) is 0.168. The number of carbonyl (C=O) groups excluding carboxylic acids is 1. The highest BCUT2D eigenvalue weighted by Crippen LogP contribution is 2.00. The van der Waals surface area contributed by atoms with Crippen molar-refractivity contribution in [1.29, 1.82) is 0 Å². The lowest BCUT2D eigenvalue weighted by molar-refractivity contribution is 0.0937. The van der Waals surface area contributed by atoms with E-state index >= 15 is 0 Å². The number of amides is 1. The van der Waals surface area contributed by atoms with Crippen LogP contribution in [0.1, 0.15) is 23.8 Å². The van der Waals surface area contributed by atoms with E-state index in [9.17, 15) is 4.79 Å². The fourth-order valence-corrected chi connectivity index (χ4v) is 1.26. The Morgan fingerprint density at radius 2 is 2.47 bits per heavy atom. The summed E-state index contributed by atoms with van der Waals surface area (Å²) >= 11 is 0. The number of rotatable bonds is 5. The molecule has 0 aliphatic rings. The molecule has 0 aliphatic heterocycles. The number of aliphatic hydroxyl groups is 1. The number of aliphatic hydroxyl groups excluding tert-OH is 1. The molecule has 1 rings (SSSR count). The molecule has 1 aromatic rings. The molecule has 0 saturated heterocycles. The highest BCUT2D eigenvalue weighted by atomic mass is 16.3. The van der Waals surface area contributed by atoms with Gasteiger partial charge in [-0.15, -0.1) is 0 Å². The van der Waals surface area contributed by atoms with Gasteiger partial charge in [0, 0.05) is 20.2 Å². The Kier molecular flexibility index (Phi) is 4.30. The van der Waals surface area contributed by atoms with Gasteiger partial charge in [-0.2, -0.15) is 0 Å². The summed E-state index contributed by atoms with van der Waals surface area (Å²) in [7, 11) is 1.78. The Morgan fingerprint density at radius 3 is 3.00 bits per heavy atom. The second-order valence-corrected chi connectivity index (χ2v) is 3.72. The SMILES string of the molecule is CC(CCO)CNC(=O)c1cncn1C. The van der Waals surface area contributed by atoms with Gasteiger partial charge in [0.1, 0.15) is 5.69 Å². The number of imidazole rings is 1. The van der Waals surface area contributed by atoms with Crippen molar-refractivity contribution in [3.8, 4) is 0 Å². The topological polar surface area (TPSA) is 67.2 Å². The number of hydrogen-bond acceptors (Lipinski definition) is 3. The van der Waals surface area contributed by atoms with Crippen LogP contribution in [0, 0.1) is 5.92 Å². The molecule has 84 valence electrons. The maximum atomic E-state index is 11.6. The summed E-state index contributed by atoms with van der Waals surface area (Å²) in [6.45, 7) is 2.72. The first kappa shape index (κ1) is 11.7. The Balaban J connectivity index is 2.40. The molecule has 1 unspecified atom stereocenters. The molecule has 0 aliphatic carbocycles. The summed E-state index contributed by atoms with van der Waals surface area (Å²) in [4.78, 5) is 15.5. The average Bonchev–Trinajstić information content (AvgIpc) is 2.61. The minimum absolute atomic E-state index is 0.125. The van der Waals surface area contributed by atoms with Gasteiger partial charge in [-0.25, -0.2) is 4.98 Å². The van der Waals surface area contributed by atoms with Gasteiger partial charge in [0.2, 0.25) is 0 Å². The lowest BCUT2D eigenvalue weighted by atomic mass is 10.1. The van der Waals surface area contributed by atoms with Crippen molar-refractivity contribution < 1.29 is 9.90 Å². The molecule has 15 heavy (non-hydrogen) atoms. The zero-order valence-corrected chi connectivity index (χ0v) is 9.10. The third-order valence-electron chi connectivity index (χ3n) is 2.28. The lowest BCUT2D eigenvalue weighted by Gasteiger charge is -2.10. The Labute approximate surface area is 89.1 Å². The fourth-order valence-electron chi connectivity index (χ4n) is 1.26. The number of nitrogens with zero attached hydrogens (tertiary/aromatic N) is 2. The molecule has 1 heterocycles. The van der Waals surface area contributed by atoms with E-state index < -0.39 is 0 Å². The fraction of sp³-hybridized carbons (Fsp3) is 0.600. The first-order chi connectivity index (χ1) is 7.15. The highest BCUT2D eigenvalue weighted by Gasteiger charge is 2.10. The van der Waals surface area contributed by atoms with Gasteiger partial charge in [0.15, 0.2) is 0 Å². The van der Waals surface area contributed by atoms with E-state index in [4.69, 9.17) is 5.11 Å². The van der Waals surface area contributed by atoms with E-state index in [1.165, 1.54) is 6.20 Å². The molecular weight excluding hydrogens is 194 g/mol. The van der Waals surface area contributed by atoms with Crippen molar-refractivity contribution in [2.24, 2.45) is 13.0 Å². The summed E-state index contributed by atoms with van der Waals surface area (Å²) in [5, 5.41) is 11.5. The zero-order chi connectivity index (χ0) is 11.3. The van der Waals surface area contributed by atoms with Crippen molar-refractivity contribution in [1.82, 2.24) is 14.9 Å². The molecule has 0 fully saturated rings. The molecule has 0 aromatic carbocycles. The molecule has 0 saturated carbocycles. The molecule has 0 spiro atoms. The second kappa shape index (κ2) is 5.50. The van der Waals surface area contributed by atoms with Crippen LogP contribution < -0.4 is 5.32 Å². The molecule has 1 atom stereocenters. The number of nitrogens with one attached hydrogen (secondary N) is 1. The summed E-state index contributed by atoms with van der Waals surface area (Å²) in [5.41, 5.74) is 0.547. The molecule has 1 aromatic heterocycles. The molecule has 0 radical (unpaired) electrons. The number of aryl methyl sites for hydroxylation is 1. The van der Waals surface area contributed by atoms with Crippen LogP contribution in [0.5, 0.6) is 0 Å². The van der Waals surface area contributed by atoms with Crippen molar-refractivity contribution in [3.05, 3.63) is 18.2 Å². The molecule has 5 nitrogen and oxygen atoms in total. The smallest absolute Gasteiger partial charge is 0.269 e. The van der Waals surface area contributed by atoms with Crippen molar-refractivity contribution in [2.45, 2.75) is 13.3 Å². The van der Waals surface area contributed by atoms with Gasteiger partial charge in [0.05, 0.1) is 12.5 Å². The third-order valence-corrected chi connectivity index (χ3v) is 2.28. The van der Waals surface area contributed by atoms with Crippen LogP contribution in [0.3, 0.4) is 0 Å². The average molecular weight is 211 g/mol. The van der Waals surface area contributed by atoms with E-state index in [2.05, 4.69) is 10.3 Å². The summed E-state index contributed by atoms with van der Waals surface area (Å²) in [5.74, 6) is 0.159. The van der Waals surface area contributed by atoms with Crippen LogP contribution in [-0.2, 0) is 7.05 Å². The molecule has 1 amide bonds. The molecule has 5 heteroatoms. The van der Waals surface area contributed by atoms with Crippen LogP contribution in [-0.4, -0.2) is 33.7 Å². The summed E-state index contributed by atoms with van der Waals surface area (Å²) < 4.78 is 1.67. The molecule has 2 N–H and O–H groups in total. The Bertz CT molecular complexity index is 322. The molecule has 0 bridgehead atoms. The normalized spacial score (nSPS) is 12.5. The monoisotopic (exact) mass is 211 g/mol. The largest absolute Gasteiger partial charge is 0.396 e. The Morgan fingerprint density at radius 1 is 1.73 bits per heavy atom. The minimum atomic E-state index is -0.125. The maximum absolute atomic E-state index is 11.6. The molecular formula is C10H17N3O2. The van der Waals surface area contributed by atoms with Crippen LogP contribution in [0.4, 0.5) is 0 Å². The van der Waals surface area contributed by atoms with Gasteiger partial charge in [-0.3, -0.25) is 4.79 Å². The van der Waals surface area contributed by atoms with Gasteiger partial charge in [0.25, 0.3) is 5.91 Å². The first-order valence-electron chi connectivity index (χ1n) is 5.00. The lowest BCUT2D eigenvalue weighted by Crippen LogP contribution is -2.29. The minimum Gasteiger partial charge on any atom is -0.396 e. The highest BCUT2D eigenvalue weighted by molar-refractivity contribution is 5.92. The van der Waals surface area contributed by atoms with Crippen LogP contribution in [0.25, 0.3) is 0 Å². The van der Waals surface area contributed by atoms with Crippen LogP contribution in [0.2, 0.25) is 0 Å². The maximum Gasteiger partial charge on any atom is 0.269 e. The van der Waals surface area contributed by atoms with Crippen molar-refractivity contribution >= 4 is 5.91 Å². The van der Waals surface area contributed by atoms with Crippen molar-refractivity contribution in [2.75, 3.05) is 13.2 Å². The van der Waals surface area contributed by atoms with E-state index in [0.717, 1.165) is 0 Å². The van der Waals surface area contributed by atoms with E-state index in [1.807, 2.05) is 6.92 Å². The number of hydrogen-bond donors (Lipinski definition) is 2. The number of carbonyl (C=O) groups is 1. The van der Waals surface area contributed by atoms with Crippen LogP contribution >= 0.6 is 0 Å². The van der Waals surface area contributed by atoms with Gasteiger partial charge in [-0.1, -0.05) is 6.92 Å². The van der Waals surface area contributed by atoms with E-state index in [-0.39, 0.29) is 18.4 Å². The Hall–Kier alpha value is -1.36. The second-order valence-electron chi connectivity index (χ2n) is 3.72. The zero-order valence-electron chi connectivity index (χ0n) is 9.10. The van der Waals surface area contributed by atoms with Crippen LogP contribution in [0.15, 0.2) is 12.5 Å². The number of aromatic nitrogens is 2. The van der Waals surface area contributed by atoms with Gasteiger partial charge in [-0.05, 0) is 12.3 Å². The predicted molar refractivity (Wildman–Crippen MR) is 56.4 cm³/mol. The first-order valence-corrected chi connectivity index (χ1v) is 5.00. The van der Waals surface area contributed by atoms with Gasteiger partial charge >= 0.3 is 0 Å². The van der Waals surface area contributed by atoms with Gasteiger partial charge < -0.3 is 15.0 Å². The standard InChI is InChI=1S/C10H17N3O2/c1-8(3-4-14)5-12-10(15)9-6-11-7-13(9)2/h6-8,14H,3-5H2,1-2H3,(H,12,15). The van der Waals surface area contributed by atoms with E-state index in [1.54, 1.807) is 17.9 Å². The quantitative estimate of drug-likeness (QED) is 0.729. The van der Waals surface area contributed by atoms with E-state index in [0.29, 0.717) is 18.7 Å².